The Morgan fingerprint density at radius 3 is 2.21 bits per heavy atom. The Labute approximate surface area is 186 Å². The number of esters is 1. The summed E-state index contributed by atoms with van der Waals surface area (Å²) in [5.74, 6) is -1.80. The lowest BCUT2D eigenvalue weighted by molar-refractivity contribution is -0.385. The molecule has 0 radical (unpaired) electrons. The lowest BCUT2D eigenvalue weighted by Gasteiger charge is -2.18. The molecular weight excluding hydrogens is 428 g/mol. The van der Waals surface area contributed by atoms with Crippen molar-refractivity contribution in [3.8, 4) is 11.8 Å². The lowest BCUT2D eigenvalue weighted by atomic mass is 9.82. The minimum absolute atomic E-state index is 0.0405. The second-order valence-electron chi connectivity index (χ2n) is 6.97. The third-order valence-corrected chi connectivity index (χ3v) is 5.04. The van der Waals surface area contributed by atoms with Crippen LogP contribution in [0.1, 0.15) is 47.8 Å². The van der Waals surface area contributed by atoms with E-state index in [2.05, 4.69) is 0 Å². The van der Waals surface area contributed by atoms with Crippen molar-refractivity contribution in [3.05, 3.63) is 104 Å². The van der Waals surface area contributed by atoms with Gasteiger partial charge in [0.25, 0.3) is 5.69 Å². The number of ether oxygens (including phenoxy) is 2. The first-order valence-electron chi connectivity index (χ1n) is 9.72. The van der Waals surface area contributed by atoms with Crippen LogP contribution >= 0.6 is 0 Å². The standard InChI is InChI=1S/C24H14N2O7/c25-13-14-5-7-15(8-6-14)32-11-12-33-24(29)19-10-9-18-20(21(19)26(30)31)23(28)17-4-2-1-3-16(17)22(18)27/h1-10H,11-12H2. The molecule has 33 heavy (non-hydrogen) atoms. The van der Waals surface area contributed by atoms with Gasteiger partial charge in [-0.15, -0.1) is 0 Å². The number of nitro groups is 1. The van der Waals surface area contributed by atoms with Crippen molar-refractivity contribution in [2.45, 2.75) is 0 Å². The van der Waals surface area contributed by atoms with E-state index in [1.165, 1.54) is 18.2 Å². The summed E-state index contributed by atoms with van der Waals surface area (Å²) in [5.41, 5.74) is -1.10. The highest BCUT2D eigenvalue weighted by molar-refractivity contribution is 6.30. The van der Waals surface area contributed by atoms with Crippen LogP contribution in [-0.2, 0) is 4.74 Å². The van der Waals surface area contributed by atoms with Crippen LogP contribution in [0.2, 0.25) is 0 Å². The van der Waals surface area contributed by atoms with Gasteiger partial charge in [0.05, 0.1) is 16.6 Å². The Kier molecular flexibility index (Phi) is 5.66. The number of ketones is 2. The van der Waals surface area contributed by atoms with Crippen LogP contribution < -0.4 is 4.74 Å². The average Bonchev–Trinajstić information content (AvgIpc) is 2.84. The molecule has 9 heteroatoms. The minimum Gasteiger partial charge on any atom is -0.490 e. The fourth-order valence-electron chi connectivity index (χ4n) is 3.52. The van der Waals surface area contributed by atoms with Gasteiger partial charge in [0, 0.05) is 16.7 Å². The van der Waals surface area contributed by atoms with Gasteiger partial charge in [-0.1, -0.05) is 24.3 Å². The second-order valence-corrected chi connectivity index (χ2v) is 6.97. The number of hydrogen-bond donors (Lipinski definition) is 0. The van der Waals surface area contributed by atoms with Crippen LogP contribution in [0.3, 0.4) is 0 Å². The molecule has 0 spiro atoms. The fraction of sp³-hybridized carbons (Fsp3) is 0.0833. The summed E-state index contributed by atoms with van der Waals surface area (Å²) < 4.78 is 10.5. The zero-order valence-corrected chi connectivity index (χ0v) is 16.9. The predicted molar refractivity (Wildman–Crippen MR) is 113 cm³/mol. The van der Waals surface area contributed by atoms with Crippen molar-refractivity contribution in [1.29, 1.82) is 5.26 Å². The number of nitro benzene ring substituents is 1. The normalized spacial score (nSPS) is 11.7. The molecule has 0 bridgehead atoms. The number of rotatable bonds is 6. The molecule has 0 saturated heterocycles. The van der Waals surface area contributed by atoms with E-state index in [9.17, 15) is 24.5 Å². The number of carbonyl (C=O) groups excluding carboxylic acids is 3. The second kappa shape index (κ2) is 8.72. The SMILES string of the molecule is N#Cc1ccc(OCCOC(=O)c2ccc3c(c2[N+](=O)[O-])C(=O)c2ccccc2C3=O)cc1. The van der Waals surface area contributed by atoms with Crippen molar-refractivity contribution in [2.75, 3.05) is 13.2 Å². The van der Waals surface area contributed by atoms with Gasteiger partial charge in [-0.2, -0.15) is 5.26 Å². The lowest BCUT2D eigenvalue weighted by Crippen LogP contribution is -2.24. The van der Waals surface area contributed by atoms with E-state index in [1.807, 2.05) is 6.07 Å². The number of nitriles is 1. The first-order valence-corrected chi connectivity index (χ1v) is 9.72. The smallest absolute Gasteiger partial charge is 0.345 e. The van der Waals surface area contributed by atoms with Crippen LogP contribution in [0, 0.1) is 21.4 Å². The molecule has 0 saturated carbocycles. The summed E-state index contributed by atoms with van der Waals surface area (Å²) >= 11 is 0. The first kappa shape index (κ1) is 21.4. The molecule has 0 aromatic heterocycles. The van der Waals surface area contributed by atoms with Gasteiger partial charge in [-0.25, -0.2) is 4.79 Å². The van der Waals surface area contributed by atoms with E-state index < -0.39 is 39.3 Å². The number of carbonyl (C=O) groups is 3. The van der Waals surface area contributed by atoms with Crippen molar-refractivity contribution in [3.63, 3.8) is 0 Å². The number of fused-ring (bicyclic) bond motifs is 2. The minimum atomic E-state index is -1.02. The van der Waals surface area contributed by atoms with E-state index >= 15 is 0 Å². The highest BCUT2D eigenvalue weighted by atomic mass is 16.6. The zero-order valence-electron chi connectivity index (χ0n) is 16.9. The van der Waals surface area contributed by atoms with Crippen LogP contribution in [0.25, 0.3) is 0 Å². The number of nitrogens with zero attached hydrogens (tertiary/aromatic N) is 2. The summed E-state index contributed by atoms with van der Waals surface area (Å²) in [4.78, 5) is 49.3. The molecule has 4 rings (SSSR count). The third-order valence-electron chi connectivity index (χ3n) is 5.04. The van der Waals surface area contributed by atoms with Crippen LogP contribution in [0.4, 0.5) is 5.69 Å². The highest BCUT2D eigenvalue weighted by Crippen LogP contribution is 2.35. The molecule has 1 aliphatic rings. The first-order chi connectivity index (χ1) is 15.9. The van der Waals surface area contributed by atoms with Gasteiger partial charge >= 0.3 is 5.97 Å². The highest BCUT2D eigenvalue weighted by Gasteiger charge is 2.38. The van der Waals surface area contributed by atoms with Gasteiger partial charge < -0.3 is 9.47 Å². The maximum absolute atomic E-state index is 13.0. The maximum atomic E-state index is 13.0. The van der Waals surface area contributed by atoms with Crippen molar-refractivity contribution in [1.82, 2.24) is 0 Å². The van der Waals surface area contributed by atoms with Gasteiger partial charge in [-0.3, -0.25) is 19.7 Å². The number of benzene rings is 3. The van der Waals surface area contributed by atoms with E-state index in [-0.39, 0.29) is 29.9 Å². The Morgan fingerprint density at radius 1 is 0.909 bits per heavy atom. The van der Waals surface area contributed by atoms with Crippen LogP contribution in [-0.4, -0.2) is 35.7 Å². The molecular formula is C24H14N2O7. The van der Waals surface area contributed by atoms with Gasteiger partial charge in [-0.05, 0) is 36.4 Å². The van der Waals surface area contributed by atoms with E-state index in [1.54, 1.807) is 36.4 Å². The monoisotopic (exact) mass is 442 g/mol. The molecule has 1 aliphatic carbocycles. The van der Waals surface area contributed by atoms with Gasteiger partial charge in [0.2, 0.25) is 5.78 Å². The quantitative estimate of drug-likeness (QED) is 0.192. The molecule has 9 nitrogen and oxygen atoms in total. The molecule has 162 valence electrons. The molecule has 0 aliphatic heterocycles. The van der Waals surface area contributed by atoms with E-state index in [4.69, 9.17) is 14.7 Å². The molecule has 0 heterocycles. The summed E-state index contributed by atoms with van der Waals surface area (Å²) in [6.45, 7) is -0.260. The molecule has 0 fully saturated rings. The van der Waals surface area contributed by atoms with Crippen molar-refractivity contribution < 1.29 is 28.8 Å². The van der Waals surface area contributed by atoms with Crippen molar-refractivity contribution in [2.24, 2.45) is 0 Å². The molecule has 0 unspecified atom stereocenters. The molecule has 0 atom stereocenters. The average molecular weight is 442 g/mol. The summed E-state index contributed by atoms with van der Waals surface area (Å²) in [6.07, 6.45) is 0. The molecule has 0 amide bonds. The number of hydrogen-bond acceptors (Lipinski definition) is 8. The van der Waals surface area contributed by atoms with Gasteiger partial charge in [0.1, 0.15) is 30.1 Å². The summed E-state index contributed by atoms with van der Waals surface area (Å²) in [5, 5.41) is 20.6. The van der Waals surface area contributed by atoms with Crippen molar-refractivity contribution >= 4 is 23.2 Å². The Bertz CT molecular complexity index is 1350. The Balaban J connectivity index is 1.55. The van der Waals surface area contributed by atoms with E-state index in [0.717, 1.165) is 6.07 Å². The fourth-order valence-corrected chi connectivity index (χ4v) is 3.52. The Morgan fingerprint density at radius 2 is 1.58 bits per heavy atom. The molecule has 3 aromatic carbocycles. The topological polar surface area (TPSA) is 137 Å². The maximum Gasteiger partial charge on any atom is 0.345 e. The third kappa shape index (κ3) is 3.93. The molecule has 3 aromatic rings. The molecule has 0 N–H and O–H groups in total. The van der Waals surface area contributed by atoms with Crippen LogP contribution in [0.15, 0.2) is 60.7 Å². The summed E-state index contributed by atoms with van der Waals surface area (Å²) in [7, 11) is 0. The van der Waals surface area contributed by atoms with E-state index in [0.29, 0.717) is 11.3 Å². The predicted octanol–water partition coefficient (Wildman–Crippen LogP) is 3.48. The van der Waals surface area contributed by atoms with Crippen LogP contribution in [0.5, 0.6) is 5.75 Å². The largest absolute Gasteiger partial charge is 0.490 e. The zero-order chi connectivity index (χ0) is 23.5. The van der Waals surface area contributed by atoms with Gasteiger partial charge in [0.15, 0.2) is 5.78 Å². The summed E-state index contributed by atoms with van der Waals surface area (Å²) in [6, 6.07) is 16.6. The Hall–Kier alpha value is -4.84.